The van der Waals surface area contributed by atoms with Gasteiger partial charge in [0.25, 0.3) is 5.91 Å². The molecular weight excluding hydrogens is 386 g/mol. The van der Waals surface area contributed by atoms with Gasteiger partial charge in [-0.25, -0.2) is 4.79 Å². The van der Waals surface area contributed by atoms with Crippen molar-refractivity contribution in [1.82, 2.24) is 4.90 Å². The van der Waals surface area contributed by atoms with Crippen LogP contribution in [0.25, 0.3) is 21.7 Å². The summed E-state index contributed by atoms with van der Waals surface area (Å²) in [6, 6.07) is 13.9. The topological polar surface area (TPSA) is 59.8 Å². The molecule has 29 heavy (non-hydrogen) atoms. The van der Waals surface area contributed by atoms with E-state index in [1.165, 1.54) is 10.4 Å². The third-order valence-electron chi connectivity index (χ3n) is 5.50. The molecule has 3 heterocycles. The van der Waals surface area contributed by atoms with Gasteiger partial charge in [0.2, 0.25) is 5.76 Å². The van der Waals surface area contributed by atoms with Gasteiger partial charge in [-0.05, 0) is 35.7 Å². The van der Waals surface area contributed by atoms with E-state index in [1.807, 2.05) is 54.8 Å². The van der Waals surface area contributed by atoms with Crippen LogP contribution >= 0.6 is 11.3 Å². The number of rotatable bonds is 3. The number of esters is 1. The number of benzene rings is 2. The highest BCUT2D eigenvalue weighted by Crippen LogP contribution is 2.32. The largest absolute Gasteiger partial charge is 0.450 e. The van der Waals surface area contributed by atoms with Gasteiger partial charge < -0.3 is 14.1 Å². The number of aryl methyl sites for hydroxylation is 1. The number of hydrogen-bond acceptors (Lipinski definition) is 5. The van der Waals surface area contributed by atoms with E-state index in [2.05, 4.69) is 0 Å². The second kappa shape index (κ2) is 7.04. The maximum absolute atomic E-state index is 12.6. The fourth-order valence-electron chi connectivity index (χ4n) is 3.89. The molecule has 5 nitrogen and oxygen atoms in total. The number of ether oxygens (including phenoxy) is 1. The minimum atomic E-state index is -0.607. The standard InChI is InChI=1S/C23H19NO4S/c1-14-17-7-6-15-4-2-3-5-18(15)22(17)28-21(14)23(26)27-13-20(25)24-10-8-19-16(12-24)9-11-29-19/h2-7,9,11H,8,10,12-13H2,1H3. The Hall–Kier alpha value is -3.12. The van der Waals surface area contributed by atoms with E-state index in [9.17, 15) is 9.59 Å². The summed E-state index contributed by atoms with van der Waals surface area (Å²) in [7, 11) is 0. The predicted octanol–water partition coefficient (Wildman–Crippen LogP) is 4.70. The Morgan fingerprint density at radius 2 is 2.00 bits per heavy atom. The van der Waals surface area contributed by atoms with E-state index in [4.69, 9.17) is 9.15 Å². The van der Waals surface area contributed by atoms with Crippen molar-refractivity contribution in [2.75, 3.05) is 13.2 Å². The van der Waals surface area contributed by atoms with E-state index < -0.39 is 5.97 Å². The van der Waals surface area contributed by atoms with Crippen LogP contribution in [0.2, 0.25) is 0 Å². The van der Waals surface area contributed by atoms with Crippen LogP contribution in [0.15, 0.2) is 52.3 Å². The molecule has 0 fully saturated rings. The first kappa shape index (κ1) is 17.9. The number of carbonyl (C=O) groups is 2. The zero-order valence-corrected chi connectivity index (χ0v) is 16.8. The molecular formula is C23H19NO4S. The number of furan rings is 1. The third kappa shape index (κ3) is 3.09. The van der Waals surface area contributed by atoms with Crippen molar-refractivity contribution in [3.63, 3.8) is 0 Å². The van der Waals surface area contributed by atoms with Crippen LogP contribution in [0.5, 0.6) is 0 Å². The molecule has 5 rings (SSSR count). The zero-order chi connectivity index (χ0) is 20.0. The average molecular weight is 405 g/mol. The minimum absolute atomic E-state index is 0.155. The second-order valence-electron chi connectivity index (χ2n) is 7.23. The Kier molecular flexibility index (Phi) is 4.36. The molecule has 2 aromatic carbocycles. The lowest BCUT2D eigenvalue weighted by Gasteiger charge is -2.26. The lowest BCUT2D eigenvalue weighted by atomic mass is 10.1. The summed E-state index contributed by atoms with van der Waals surface area (Å²) >= 11 is 1.72. The van der Waals surface area contributed by atoms with Crippen molar-refractivity contribution < 1.29 is 18.7 Å². The van der Waals surface area contributed by atoms with Crippen LogP contribution in [-0.4, -0.2) is 29.9 Å². The summed E-state index contributed by atoms with van der Waals surface area (Å²) in [5, 5.41) is 4.92. The van der Waals surface area contributed by atoms with E-state index in [1.54, 1.807) is 16.2 Å². The van der Waals surface area contributed by atoms with Crippen LogP contribution in [0.1, 0.15) is 26.6 Å². The molecule has 0 saturated carbocycles. The van der Waals surface area contributed by atoms with Crippen LogP contribution in [0.3, 0.4) is 0 Å². The molecule has 0 bridgehead atoms. The predicted molar refractivity (Wildman–Crippen MR) is 112 cm³/mol. The first-order chi connectivity index (χ1) is 14.1. The van der Waals surface area contributed by atoms with Crippen molar-refractivity contribution >= 4 is 45.0 Å². The van der Waals surface area contributed by atoms with Crippen molar-refractivity contribution in [2.45, 2.75) is 19.9 Å². The molecule has 1 aliphatic heterocycles. The normalized spacial score (nSPS) is 13.6. The van der Waals surface area contributed by atoms with Gasteiger partial charge in [0.15, 0.2) is 6.61 Å². The molecule has 0 saturated heterocycles. The Labute approximate surface area is 171 Å². The quantitative estimate of drug-likeness (QED) is 0.464. The van der Waals surface area contributed by atoms with E-state index in [-0.39, 0.29) is 18.3 Å². The zero-order valence-electron chi connectivity index (χ0n) is 15.9. The lowest BCUT2D eigenvalue weighted by Crippen LogP contribution is -2.38. The van der Waals surface area contributed by atoms with Gasteiger partial charge in [-0.2, -0.15) is 0 Å². The maximum Gasteiger partial charge on any atom is 0.375 e. The summed E-state index contributed by atoms with van der Waals surface area (Å²) < 4.78 is 11.2. The maximum atomic E-state index is 12.6. The Morgan fingerprint density at radius 1 is 1.14 bits per heavy atom. The summed E-state index contributed by atoms with van der Waals surface area (Å²) in [6.45, 7) is 2.78. The Morgan fingerprint density at radius 3 is 2.90 bits per heavy atom. The molecule has 0 unspecified atom stereocenters. The molecule has 146 valence electrons. The van der Waals surface area contributed by atoms with Crippen LogP contribution in [0.4, 0.5) is 0 Å². The summed E-state index contributed by atoms with van der Waals surface area (Å²) in [5.74, 6) is -0.637. The fraction of sp³-hybridized carbons (Fsp3) is 0.217. The summed E-state index contributed by atoms with van der Waals surface area (Å²) in [5.41, 5.74) is 2.57. The molecule has 4 aromatic rings. The minimum Gasteiger partial charge on any atom is -0.450 e. The average Bonchev–Trinajstić information content (AvgIpc) is 3.35. The number of amides is 1. The lowest BCUT2D eigenvalue weighted by molar-refractivity contribution is -0.135. The molecule has 0 radical (unpaired) electrons. The van der Waals surface area contributed by atoms with Crippen molar-refractivity contribution in [3.05, 3.63) is 69.6 Å². The molecule has 0 spiro atoms. The first-order valence-electron chi connectivity index (χ1n) is 9.53. The SMILES string of the molecule is Cc1c(C(=O)OCC(=O)N2CCc3sccc3C2)oc2c1ccc1ccccc12. The van der Waals surface area contributed by atoms with Gasteiger partial charge in [-0.1, -0.05) is 36.4 Å². The number of nitrogens with zero attached hydrogens (tertiary/aromatic N) is 1. The monoisotopic (exact) mass is 405 g/mol. The van der Waals surface area contributed by atoms with Gasteiger partial charge in [0, 0.05) is 34.3 Å². The molecule has 0 aliphatic carbocycles. The summed E-state index contributed by atoms with van der Waals surface area (Å²) in [4.78, 5) is 28.2. The number of fused-ring (bicyclic) bond motifs is 4. The van der Waals surface area contributed by atoms with Crippen LogP contribution in [-0.2, 0) is 22.5 Å². The van der Waals surface area contributed by atoms with Gasteiger partial charge >= 0.3 is 5.97 Å². The van der Waals surface area contributed by atoms with Gasteiger partial charge in [-0.3, -0.25) is 4.79 Å². The highest BCUT2D eigenvalue weighted by atomic mass is 32.1. The highest BCUT2D eigenvalue weighted by Gasteiger charge is 2.25. The van der Waals surface area contributed by atoms with Crippen molar-refractivity contribution in [2.24, 2.45) is 0 Å². The molecule has 0 atom stereocenters. The van der Waals surface area contributed by atoms with Crippen molar-refractivity contribution in [1.29, 1.82) is 0 Å². The molecule has 1 amide bonds. The van der Waals surface area contributed by atoms with Crippen molar-refractivity contribution in [3.8, 4) is 0 Å². The first-order valence-corrected chi connectivity index (χ1v) is 10.4. The number of carbonyl (C=O) groups excluding carboxylic acids is 2. The van der Waals surface area contributed by atoms with Gasteiger partial charge in [-0.15, -0.1) is 11.3 Å². The second-order valence-corrected chi connectivity index (χ2v) is 8.23. The number of thiophene rings is 1. The van der Waals surface area contributed by atoms with E-state index >= 15 is 0 Å². The van der Waals surface area contributed by atoms with Crippen LogP contribution < -0.4 is 0 Å². The van der Waals surface area contributed by atoms with Gasteiger partial charge in [0.05, 0.1) is 0 Å². The molecule has 2 aromatic heterocycles. The van der Waals surface area contributed by atoms with Gasteiger partial charge in [0.1, 0.15) is 5.58 Å². The number of hydrogen-bond donors (Lipinski definition) is 0. The van der Waals surface area contributed by atoms with E-state index in [0.29, 0.717) is 18.7 Å². The van der Waals surface area contributed by atoms with E-state index in [0.717, 1.165) is 28.1 Å². The van der Waals surface area contributed by atoms with Crippen LogP contribution in [0, 0.1) is 6.92 Å². The highest BCUT2D eigenvalue weighted by molar-refractivity contribution is 7.10. The Bertz CT molecular complexity index is 1250. The third-order valence-corrected chi connectivity index (χ3v) is 6.52. The molecule has 0 N–H and O–H groups in total. The Balaban J connectivity index is 1.33. The molecule has 6 heteroatoms. The summed E-state index contributed by atoms with van der Waals surface area (Å²) in [6.07, 6.45) is 0.850. The molecule has 1 aliphatic rings. The fourth-order valence-corrected chi connectivity index (χ4v) is 4.78. The smallest absolute Gasteiger partial charge is 0.375 e.